The number of hydrogen-bond donors (Lipinski definition) is 2. The first-order valence-corrected chi connectivity index (χ1v) is 9.04. The number of nitrogens with one attached hydrogen (secondary N) is 1. The van der Waals surface area contributed by atoms with E-state index in [0.29, 0.717) is 22.6 Å². The number of amides is 2. The van der Waals surface area contributed by atoms with Gasteiger partial charge in [-0.15, -0.1) is 0 Å². The van der Waals surface area contributed by atoms with Crippen LogP contribution in [0.1, 0.15) is 43.7 Å². The molecule has 2 amide bonds. The Bertz CT molecular complexity index is 991. The molecular weight excluding hydrogens is 376 g/mol. The Morgan fingerprint density at radius 3 is 2.50 bits per heavy atom. The third-order valence-electron chi connectivity index (χ3n) is 4.31. The van der Waals surface area contributed by atoms with Crippen LogP contribution in [0.3, 0.4) is 0 Å². The Labute approximate surface area is 167 Å². The van der Waals surface area contributed by atoms with Crippen molar-refractivity contribution < 1.29 is 9.59 Å². The zero-order valence-electron chi connectivity index (χ0n) is 15.2. The molecule has 0 spiro atoms. The van der Waals surface area contributed by atoms with Crippen molar-refractivity contribution in [2.75, 3.05) is 0 Å². The summed E-state index contributed by atoms with van der Waals surface area (Å²) in [6, 6.07) is 14.2. The second kappa shape index (κ2) is 8.63. The molecule has 7 heteroatoms. The van der Waals surface area contributed by atoms with Crippen molar-refractivity contribution >= 4 is 23.4 Å². The second-order valence-corrected chi connectivity index (χ2v) is 6.80. The van der Waals surface area contributed by atoms with E-state index in [4.69, 9.17) is 17.3 Å². The van der Waals surface area contributed by atoms with Gasteiger partial charge < -0.3 is 11.1 Å². The number of halogens is 1. The summed E-state index contributed by atoms with van der Waals surface area (Å²) >= 11 is 5.96. The molecule has 1 aromatic carbocycles. The lowest BCUT2D eigenvalue weighted by Crippen LogP contribution is -2.31. The van der Waals surface area contributed by atoms with Crippen LogP contribution in [0.15, 0.2) is 60.9 Å². The number of nitrogens with zero attached hydrogens (tertiary/aromatic N) is 2. The van der Waals surface area contributed by atoms with E-state index < -0.39 is 5.91 Å². The first-order valence-electron chi connectivity index (χ1n) is 8.66. The highest BCUT2D eigenvalue weighted by atomic mass is 35.5. The average Bonchev–Trinajstić information content (AvgIpc) is 2.69. The number of aromatic nitrogens is 2. The Morgan fingerprint density at radius 1 is 1.14 bits per heavy atom. The Kier molecular flexibility index (Phi) is 6.01. The minimum Gasteiger partial charge on any atom is -0.366 e. The molecule has 2 aromatic heterocycles. The average molecular weight is 395 g/mol. The molecule has 3 rings (SSSR count). The fraction of sp³-hybridized carbons (Fsp3) is 0.143. The summed E-state index contributed by atoms with van der Waals surface area (Å²) in [7, 11) is 0. The van der Waals surface area contributed by atoms with E-state index in [1.807, 2.05) is 42.5 Å². The van der Waals surface area contributed by atoms with Crippen molar-refractivity contribution in [3.05, 3.63) is 94.0 Å². The molecule has 1 atom stereocenters. The SMILES string of the molecule is Cc1cc(C(=O)NC(Cc2ccc(Cl)cc2)c2ccccn2)ncc1C(N)=O. The van der Waals surface area contributed by atoms with Crippen molar-refractivity contribution in [1.29, 1.82) is 0 Å². The molecular formula is C21H19ClN4O2. The first-order chi connectivity index (χ1) is 13.4. The molecule has 6 nitrogen and oxygen atoms in total. The van der Waals surface area contributed by atoms with Crippen LogP contribution in [0.5, 0.6) is 0 Å². The summed E-state index contributed by atoms with van der Waals surface area (Å²) in [6.45, 7) is 1.71. The minimum absolute atomic E-state index is 0.208. The quantitative estimate of drug-likeness (QED) is 0.670. The summed E-state index contributed by atoms with van der Waals surface area (Å²) in [5.41, 5.74) is 8.13. The summed E-state index contributed by atoms with van der Waals surface area (Å²) in [4.78, 5) is 32.6. The van der Waals surface area contributed by atoms with E-state index in [0.717, 1.165) is 11.3 Å². The minimum atomic E-state index is -0.578. The lowest BCUT2D eigenvalue weighted by atomic mass is 10.0. The first kappa shape index (κ1) is 19.5. The lowest BCUT2D eigenvalue weighted by Gasteiger charge is -2.18. The highest BCUT2D eigenvalue weighted by Gasteiger charge is 2.19. The van der Waals surface area contributed by atoms with Crippen LogP contribution in [-0.4, -0.2) is 21.8 Å². The van der Waals surface area contributed by atoms with Crippen LogP contribution in [0.4, 0.5) is 0 Å². The highest BCUT2D eigenvalue weighted by Crippen LogP contribution is 2.19. The van der Waals surface area contributed by atoms with Crippen LogP contribution in [-0.2, 0) is 6.42 Å². The number of pyridine rings is 2. The molecule has 0 aliphatic carbocycles. The van der Waals surface area contributed by atoms with Crippen LogP contribution in [0.25, 0.3) is 0 Å². The number of carbonyl (C=O) groups is 2. The molecule has 0 saturated heterocycles. The molecule has 1 unspecified atom stereocenters. The van der Waals surface area contributed by atoms with Crippen molar-refractivity contribution in [2.45, 2.75) is 19.4 Å². The fourth-order valence-electron chi connectivity index (χ4n) is 2.84. The van der Waals surface area contributed by atoms with Gasteiger partial charge in [0.15, 0.2) is 0 Å². The Morgan fingerprint density at radius 2 is 1.89 bits per heavy atom. The van der Waals surface area contributed by atoms with E-state index in [1.165, 1.54) is 6.20 Å². The molecule has 0 aliphatic rings. The summed E-state index contributed by atoms with van der Waals surface area (Å²) in [5, 5.41) is 3.62. The van der Waals surface area contributed by atoms with Gasteiger partial charge in [-0.2, -0.15) is 0 Å². The second-order valence-electron chi connectivity index (χ2n) is 6.36. The predicted octanol–water partition coefficient (Wildman–Crippen LogP) is 3.25. The van der Waals surface area contributed by atoms with Gasteiger partial charge in [-0.05, 0) is 54.8 Å². The molecule has 3 aromatic rings. The normalized spacial score (nSPS) is 11.6. The molecule has 0 bridgehead atoms. The molecule has 142 valence electrons. The van der Waals surface area contributed by atoms with Crippen molar-refractivity contribution in [3.8, 4) is 0 Å². The Hall–Kier alpha value is -3.25. The number of rotatable bonds is 6. The summed E-state index contributed by atoms with van der Waals surface area (Å²) in [5.74, 6) is -0.935. The maximum absolute atomic E-state index is 12.8. The van der Waals surface area contributed by atoms with Crippen LogP contribution in [0.2, 0.25) is 5.02 Å². The largest absolute Gasteiger partial charge is 0.366 e. The van der Waals surface area contributed by atoms with Gasteiger partial charge in [0.25, 0.3) is 11.8 Å². The number of nitrogens with two attached hydrogens (primary N) is 1. The van der Waals surface area contributed by atoms with Gasteiger partial charge in [-0.25, -0.2) is 0 Å². The third-order valence-corrected chi connectivity index (χ3v) is 4.56. The number of benzene rings is 1. The van der Waals surface area contributed by atoms with Crippen molar-refractivity contribution in [3.63, 3.8) is 0 Å². The van der Waals surface area contributed by atoms with Crippen LogP contribution >= 0.6 is 11.6 Å². The lowest BCUT2D eigenvalue weighted by molar-refractivity contribution is 0.0928. The highest BCUT2D eigenvalue weighted by molar-refractivity contribution is 6.30. The van der Waals surface area contributed by atoms with Gasteiger partial charge in [0.05, 0.1) is 17.3 Å². The van der Waals surface area contributed by atoms with Crippen LogP contribution < -0.4 is 11.1 Å². The number of aryl methyl sites for hydroxylation is 1. The molecule has 3 N–H and O–H groups in total. The van der Waals surface area contributed by atoms with Crippen molar-refractivity contribution in [2.24, 2.45) is 5.73 Å². The standard InChI is InChI=1S/C21H19ClN4O2/c1-13-10-19(25-12-16(13)20(23)27)21(28)26-18(17-4-2-3-9-24-17)11-14-5-7-15(22)8-6-14/h2-10,12,18H,11H2,1H3,(H2,23,27)(H,26,28). The molecule has 2 heterocycles. The molecule has 0 fully saturated rings. The Balaban J connectivity index is 1.84. The third kappa shape index (κ3) is 4.72. The maximum atomic E-state index is 12.8. The predicted molar refractivity (Wildman–Crippen MR) is 107 cm³/mol. The molecule has 0 radical (unpaired) electrons. The number of hydrogen-bond acceptors (Lipinski definition) is 4. The molecule has 0 aliphatic heterocycles. The monoisotopic (exact) mass is 394 g/mol. The number of carbonyl (C=O) groups excluding carboxylic acids is 2. The molecule has 28 heavy (non-hydrogen) atoms. The van der Waals surface area contributed by atoms with Gasteiger partial charge >= 0.3 is 0 Å². The summed E-state index contributed by atoms with van der Waals surface area (Å²) in [6.07, 6.45) is 3.54. The van der Waals surface area contributed by atoms with E-state index in [1.54, 1.807) is 19.2 Å². The topological polar surface area (TPSA) is 98.0 Å². The zero-order valence-corrected chi connectivity index (χ0v) is 16.0. The van der Waals surface area contributed by atoms with E-state index >= 15 is 0 Å². The van der Waals surface area contributed by atoms with Gasteiger partial charge in [0.2, 0.25) is 0 Å². The van der Waals surface area contributed by atoms with E-state index in [9.17, 15) is 9.59 Å². The van der Waals surface area contributed by atoms with Gasteiger partial charge in [-0.1, -0.05) is 29.8 Å². The van der Waals surface area contributed by atoms with E-state index in [2.05, 4.69) is 15.3 Å². The summed E-state index contributed by atoms with van der Waals surface area (Å²) < 4.78 is 0. The maximum Gasteiger partial charge on any atom is 0.270 e. The zero-order chi connectivity index (χ0) is 20.1. The van der Waals surface area contributed by atoms with Crippen molar-refractivity contribution in [1.82, 2.24) is 15.3 Å². The van der Waals surface area contributed by atoms with Gasteiger partial charge in [-0.3, -0.25) is 19.6 Å². The van der Waals surface area contributed by atoms with Gasteiger partial charge in [0, 0.05) is 17.4 Å². The molecule has 0 saturated carbocycles. The smallest absolute Gasteiger partial charge is 0.270 e. The van der Waals surface area contributed by atoms with Gasteiger partial charge in [0.1, 0.15) is 5.69 Å². The number of primary amides is 1. The van der Waals surface area contributed by atoms with E-state index in [-0.39, 0.29) is 17.6 Å². The van der Waals surface area contributed by atoms with Crippen LogP contribution in [0, 0.1) is 6.92 Å². The fourth-order valence-corrected chi connectivity index (χ4v) is 2.96.